The molecule has 0 fully saturated rings. The van der Waals surface area contributed by atoms with Gasteiger partial charge in [0.15, 0.2) is 0 Å². The van der Waals surface area contributed by atoms with Crippen molar-refractivity contribution in [1.29, 1.82) is 0 Å². The Hall–Kier alpha value is -0.440. The lowest BCUT2D eigenvalue weighted by molar-refractivity contribution is 0.352. The Kier molecular flexibility index (Phi) is 4.55. The summed E-state index contributed by atoms with van der Waals surface area (Å²) in [4.78, 5) is 0. The van der Waals surface area contributed by atoms with Crippen LogP contribution in [0.2, 0.25) is 5.02 Å². The van der Waals surface area contributed by atoms with Gasteiger partial charge in [-0.05, 0) is 24.1 Å². The lowest BCUT2D eigenvalue weighted by Crippen LogP contribution is -2.22. The molecule has 0 bridgehead atoms. The summed E-state index contributed by atoms with van der Waals surface area (Å²) in [7, 11) is 0. The fourth-order valence-corrected chi connectivity index (χ4v) is 2.36. The molecular weight excluding hydrogens is 257 g/mol. The number of fused-ring (bicyclic) bond motifs is 1. The number of ether oxygens (including phenoxy) is 1. The van der Waals surface area contributed by atoms with E-state index in [4.69, 9.17) is 27.9 Å². The van der Waals surface area contributed by atoms with Crippen LogP contribution in [-0.4, -0.2) is 18.5 Å². The summed E-state index contributed by atoms with van der Waals surface area (Å²) in [5.41, 5.74) is 2.34. The first-order valence-corrected chi connectivity index (χ1v) is 6.81. The Labute approximate surface area is 112 Å². The van der Waals surface area contributed by atoms with Gasteiger partial charge in [0.1, 0.15) is 5.75 Å². The molecule has 1 atom stereocenters. The van der Waals surface area contributed by atoms with Gasteiger partial charge in [-0.25, -0.2) is 0 Å². The van der Waals surface area contributed by atoms with E-state index in [1.807, 2.05) is 12.1 Å². The highest BCUT2D eigenvalue weighted by molar-refractivity contribution is 6.30. The standard InChI is InChI=1S/C13H17Cl2NO/c1-2-11(14)8-16-7-10-6-12(15)5-9-3-4-17-13(9)10/h5-6,11,16H,2-4,7-8H2,1H3. The van der Waals surface area contributed by atoms with Crippen LogP contribution in [0.5, 0.6) is 5.75 Å². The molecule has 1 aliphatic rings. The van der Waals surface area contributed by atoms with E-state index < -0.39 is 0 Å². The summed E-state index contributed by atoms with van der Waals surface area (Å²) in [5.74, 6) is 1.00. The van der Waals surface area contributed by atoms with Crippen LogP contribution in [0.3, 0.4) is 0 Å². The molecule has 1 unspecified atom stereocenters. The number of hydrogen-bond acceptors (Lipinski definition) is 2. The van der Waals surface area contributed by atoms with E-state index >= 15 is 0 Å². The predicted octanol–water partition coefficient (Wildman–Crippen LogP) is 3.38. The third kappa shape index (κ3) is 3.27. The van der Waals surface area contributed by atoms with Crippen molar-refractivity contribution in [3.63, 3.8) is 0 Å². The van der Waals surface area contributed by atoms with Crippen LogP contribution in [0, 0.1) is 0 Å². The number of nitrogens with one attached hydrogen (secondary N) is 1. The molecule has 94 valence electrons. The average Bonchev–Trinajstić information content (AvgIpc) is 2.76. The van der Waals surface area contributed by atoms with E-state index in [0.29, 0.717) is 0 Å². The summed E-state index contributed by atoms with van der Waals surface area (Å²) in [5, 5.41) is 4.30. The van der Waals surface area contributed by atoms with Crippen LogP contribution in [0.1, 0.15) is 24.5 Å². The van der Waals surface area contributed by atoms with Crippen LogP contribution < -0.4 is 10.1 Å². The second-order valence-electron chi connectivity index (χ2n) is 4.29. The summed E-state index contributed by atoms with van der Waals surface area (Å²) < 4.78 is 5.64. The van der Waals surface area contributed by atoms with Gasteiger partial charge in [0.2, 0.25) is 0 Å². The minimum atomic E-state index is 0.183. The molecule has 0 saturated heterocycles. The molecule has 4 heteroatoms. The lowest BCUT2D eigenvalue weighted by Gasteiger charge is -2.12. The van der Waals surface area contributed by atoms with Gasteiger partial charge >= 0.3 is 0 Å². The third-order valence-electron chi connectivity index (χ3n) is 2.95. The Morgan fingerprint density at radius 2 is 2.29 bits per heavy atom. The van der Waals surface area contributed by atoms with Crippen LogP contribution >= 0.6 is 23.2 Å². The quantitative estimate of drug-likeness (QED) is 0.831. The van der Waals surface area contributed by atoms with Crippen LogP contribution in [0.15, 0.2) is 12.1 Å². The van der Waals surface area contributed by atoms with Crippen LogP contribution in [0.25, 0.3) is 0 Å². The lowest BCUT2D eigenvalue weighted by atomic mass is 10.1. The maximum absolute atomic E-state index is 6.09. The molecule has 0 amide bonds. The fourth-order valence-electron chi connectivity index (χ4n) is 1.99. The first kappa shape index (κ1) is 13.0. The van der Waals surface area contributed by atoms with Gasteiger partial charge in [-0.15, -0.1) is 11.6 Å². The highest BCUT2D eigenvalue weighted by Crippen LogP contribution is 2.32. The predicted molar refractivity (Wildman–Crippen MR) is 72.3 cm³/mol. The largest absolute Gasteiger partial charge is 0.493 e. The van der Waals surface area contributed by atoms with Crippen molar-refractivity contribution in [1.82, 2.24) is 5.32 Å². The van der Waals surface area contributed by atoms with Crippen molar-refractivity contribution < 1.29 is 4.74 Å². The number of alkyl halides is 1. The van der Waals surface area contributed by atoms with E-state index in [0.717, 1.165) is 48.9 Å². The van der Waals surface area contributed by atoms with Crippen LogP contribution in [0.4, 0.5) is 0 Å². The average molecular weight is 274 g/mol. The molecule has 1 aromatic rings. The van der Waals surface area contributed by atoms with Crippen molar-refractivity contribution in [3.8, 4) is 5.75 Å². The molecule has 2 rings (SSSR count). The zero-order valence-electron chi connectivity index (χ0n) is 9.93. The van der Waals surface area contributed by atoms with Crippen molar-refractivity contribution in [3.05, 3.63) is 28.3 Å². The molecule has 2 nitrogen and oxygen atoms in total. The SMILES string of the molecule is CCC(Cl)CNCc1cc(Cl)cc2c1OCC2. The van der Waals surface area contributed by atoms with Gasteiger partial charge in [0.05, 0.1) is 6.61 Å². The van der Waals surface area contributed by atoms with Gasteiger partial charge in [-0.2, -0.15) is 0 Å². The molecular formula is C13H17Cl2NO. The third-order valence-corrected chi connectivity index (χ3v) is 3.63. The molecule has 0 saturated carbocycles. The summed E-state index contributed by atoms with van der Waals surface area (Å²) in [6.07, 6.45) is 1.93. The first-order valence-electron chi connectivity index (χ1n) is 5.99. The molecule has 1 aromatic carbocycles. The molecule has 1 aliphatic heterocycles. The fraction of sp³-hybridized carbons (Fsp3) is 0.538. The van der Waals surface area contributed by atoms with E-state index in [9.17, 15) is 0 Å². The monoisotopic (exact) mass is 273 g/mol. The number of halogens is 2. The highest BCUT2D eigenvalue weighted by Gasteiger charge is 2.17. The van der Waals surface area contributed by atoms with Gasteiger partial charge in [-0.1, -0.05) is 18.5 Å². The van der Waals surface area contributed by atoms with Crippen LogP contribution in [-0.2, 0) is 13.0 Å². The second-order valence-corrected chi connectivity index (χ2v) is 5.34. The molecule has 1 N–H and O–H groups in total. The Balaban J connectivity index is 2.01. The Morgan fingerprint density at radius 3 is 3.06 bits per heavy atom. The highest BCUT2D eigenvalue weighted by atomic mass is 35.5. The topological polar surface area (TPSA) is 21.3 Å². The second kappa shape index (κ2) is 5.94. The summed E-state index contributed by atoms with van der Waals surface area (Å²) in [6, 6.07) is 3.96. The molecule has 1 heterocycles. The molecule has 0 aliphatic carbocycles. The number of hydrogen-bond donors (Lipinski definition) is 1. The van der Waals surface area contributed by atoms with Gasteiger partial charge in [0.25, 0.3) is 0 Å². The van der Waals surface area contributed by atoms with E-state index in [1.54, 1.807) is 0 Å². The van der Waals surface area contributed by atoms with Gasteiger partial charge in [0, 0.05) is 35.5 Å². The Morgan fingerprint density at radius 1 is 1.47 bits per heavy atom. The maximum Gasteiger partial charge on any atom is 0.127 e. The summed E-state index contributed by atoms with van der Waals surface area (Å²) >= 11 is 12.1. The van der Waals surface area contributed by atoms with E-state index in [1.165, 1.54) is 5.56 Å². The summed E-state index contributed by atoms with van der Waals surface area (Å²) in [6.45, 7) is 4.40. The van der Waals surface area contributed by atoms with Crippen molar-refractivity contribution in [2.24, 2.45) is 0 Å². The zero-order chi connectivity index (χ0) is 12.3. The number of benzene rings is 1. The minimum absolute atomic E-state index is 0.183. The molecule has 17 heavy (non-hydrogen) atoms. The van der Waals surface area contributed by atoms with Crippen molar-refractivity contribution in [2.75, 3.05) is 13.2 Å². The van der Waals surface area contributed by atoms with Crippen molar-refractivity contribution in [2.45, 2.75) is 31.7 Å². The minimum Gasteiger partial charge on any atom is -0.493 e. The van der Waals surface area contributed by atoms with Gasteiger partial charge in [-0.3, -0.25) is 0 Å². The molecule has 0 aromatic heterocycles. The molecule has 0 radical (unpaired) electrons. The molecule has 0 spiro atoms. The smallest absolute Gasteiger partial charge is 0.127 e. The van der Waals surface area contributed by atoms with Crippen molar-refractivity contribution >= 4 is 23.2 Å². The normalized spacial score (nSPS) is 15.5. The first-order chi connectivity index (χ1) is 8.20. The van der Waals surface area contributed by atoms with E-state index in [-0.39, 0.29) is 5.38 Å². The van der Waals surface area contributed by atoms with Gasteiger partial charge < -0.3 is 10.1 Å². The number of rotatable bonds is 5. The maximum atomic E-state index is 6.09. The Bertz CT molecular complexity index is 395. The zero-order valence-corrected chi connectivity index (χ0v) is 11.4. The van der Waals surface area contributed by atoms with E-state index in [2.05, 4.69) is 12.2 Å².